The Balaban J connectivity index is 1.81. The first-order valence-electron chi connectivity index (χ1n) is 7.66. The van der Waals surface area contributed by atoms with Crippen molar-refractivity contribution >= 4 is 0 Å². The molecule has 16 heavy (non-hydrogen) atoms. The molecule has 94 valence electrons. The van der Waals surface area contributed by atoms with E-state index in [1.54, 1.807) is 0 Å². The van der Waals surface area contributed by atoms with Crippen LogP contribution in [0.4, 0.5) is 0 Å². The summed E-state index contributed by atoms with van der Waals surface area (Å²) in [4.78, 5) is 0. The van der Waals surface area contributed by atoms with Crippen LogP contribution >= 0.6 is 0 Å². The third-order valence-electron chi connectivity index (χ3n) is 4.74. The number of hydrogen-bond acceptors (Lipinski definition) is 1. The van der Waals surface area contributed by atoms with Crippen LogP contribution in [-0.2, 0) is 0 Å². The lowest BCUT2D eigenvalue weighted by atomic mass is 9.82. The first-order valence-corrected chi connectivity index (χ1v) is 7.66. The van der Waals surface area contributed by atoms with Gasteiger partial charge in [-0.3, -0.25) is 0 Å². The second-order valence-corrected chi connectivity index (χ2v) is 5.91. The first kappa shape index (κ1) is 12.4. The second-order valence-electron chi connectivity index (χ2n) is 5.91. The van der Waals surface area contributed by atoms with Crippen LogP contribution in [0.1, 0.15) is 77.6 Å². The summed E-state index contributed by atoms with van der Waals surface area (Å²) in [7, 11) is 0. The minimum Gasteiger partial charge on any atom is -0.311 e. The van der Waals surface area contributed by atoms with Crippen LogP contribution in [0.25, 0.3) is 0 Å². The van der Waals surface area contributed by atoms with Gasteiger partial charge < -0.3 is 5.32 Å². The van der Waals surface area contributed by atoms with Gasteiger partial charge in [0.25, 0.3) is 0 Å². The van der Waals surface area contributed by atoms with Crippen LogP contribution in [0, 0.1) is 5.92 Å². The molecule has 2 unspecified atom stereocenters. The summed E-state index contributed by atoms with van der Waals surface area (Å²) in [5.41, 5.74) is 0. The molecule has 0 spiro atoms. The molecule has 2 rings (SSSR count). The average molecular weight is 223 g/mol. The topological polar surface area (TPSA) is 12.0 Å². The Labute approximate surface area is 101 Å². The standard InChI is InChI=1S/C15H29N/c1-2-13-9-7-8-12-15(13)16-14-10-5-3-4-6-11-14/h13-16H,2-12H2,1H3. The van der Waals surface area contributed by atoms with E-state index in [0.717, 1.165) is 18.0 Å². The van der Waals surface area contributed by atoms with Gasteiger partial charge >= 0.3 is 0 Å². The van der Waals surface area contributed by atoms with E-state index in [4.69, 9.17) is 0 Å². The lowest BCUT2D eigenvalue weighted by molar-refractivity contribution is 0.229. The molecule has 0 aromatic rings. The van der Waals surface area contributed by atoms with Gasteiger partial charge in [0.05, 0.1) is 0 Å². The number of hydrogen-bond donors (Lipinski definition) is 1. The summed E-state index contributed by atoms with van der Waals surface area (Å²) in [5.74, 6) is 0.969. The highest BCUT2D eigenvalue weighted by molar-refractivity contribution is 4.84. The molecule has 0 radical (unpaired) electrons. The second kappa shape index (κ2) is 6.64. The normalized spacial score (nSPS) is 33.6. The summed E-state index contributed by atoms with van der Waals surface area (Å²) in [6.07, 6.45) is 16.0. The van der Waals surface area contributed by atoms with E-state index in [1.807, 2.05) is 0 Å². The van der Waals surface area contributed by atoms with Gasteiger partial charge in [-0.25, -0.2) is 0 Å². The molecule has 2 aliphatic carbocycles. The van der Waals surface area contributed by atoms with Gasteiger partial charge in [-0.2, -0.15) is 0 Å². The molecule has 2 aliphatic rings. The Hall–Kier alpha value is -0.0400. The molecule has 2 saturated carbocycles. The maximum Gasteiger partial charge on any atom is 0.00978 e. The summed E-state index contributed by atoms with van der Waals surface area (Å²) in [6.45, 7) is 2.37. The van der Waals surface area contributed by atoms with E-state index in [-0.39, 0.29) is 0 Å². The molecule has 0 saturated heterocycles. The zero-order valence-electron chi connectivity index (χ0n) is 11.0. The van der Waals surface area contributed by atoms with Crippen molar-refractivity contribution in [1.82, 2.24) is 5.32 Å². The van der Waals surface area contributed by atoms with Crippen molar-refractivity contribution in [2.75, 3.05) is 0 Å². The monoisotopic (exact) mass is 223 g/mol. The fraction of sp³-hybridized carbons (Fsp3) is 1.00. The number of rotatable bonds is 3. The van der Waals surface area contributed by atoms with E-state index in [2.05, 4.69) is 12.2 Å². The Bertz CT molecular complexity index is 182. The molecule has 0 amide bonds. The van der Waals surface area contributed by atoms with E-state index >= 15 is 0 Å². The SMILES string of the molecule is CCC1CCCCC1NC1CCCCCC1. The third-order valence-corrected chi connectivity index (χ3v) is 4.74. The molecule has 2 atom stereocenters. The van der Waals surface area contributed by atoms with E-state index in [9.17, 15) is 0 Å². The highest BCUT2D eigenvalue weighted by Gasteiger charge is 2.25. The fourth-order valence-corrected chi connectivity index (χ4v) is 3.66. The van der Waals surface area contributed by atoms with Crippen molar-refractivity contribution in [1.29, 1.82) is 0 Å². The summed E-state index contributed by atoms with van der Waals surface area (Å²) >= 11 is 0. The van der Waals surface area contributed by atoms with Gasteiger partial charge in [0.1, 0.15) is 0 Å². The van der Waals surface area contributed by atoms with Gasteiger partial charge in [-0.1, -0.05) is 51.9 Å². The van der Waals surface area contributed by atoms with Gasteiger partial charge in [0.15, 0.2) is 0 Å². The molecule has 1 nitrogen and oxygen atoms in total. The van der Waals surface area contributed by atoms with Crippen LogP contribution in [-0.4, -0.2) is 12.1 Å². The van der Waals surface area contributed by atoms with Crippen LogP contribution in [0.5, 0.6) is 0 Å². The van der Waals surface area contributed by atoms with Gasteiger partial charge in [-0.05, 0) is 31.6 Å². The molecule has 2 fully saturated rings. The molecular weight excluding hydrogens is 194 g/mol. The predicted molar refractivity (Wildman–Crippen MR) is 70.7 cm³/mol. The zero-order chi connectivity index (χ0) is 11.2. The van der Waals surface area contributed by atoms with E-state index in [0.29, 0.717) is 0 Å². The molecule has 0 aliphatic heterocycles. The molecule has 0 aromatic carbocycles. The minimum atomic E-state index is 0.847. The molecule has 0 aromatic heterocycles. The highest BCUT2D eigenvalue weighted by atomic mass is 15.0. The summed E-state index contributed by atoms with van der Waals surface area (Å²) in [6, 6.07) is 1.70. The van der Waals surface area contributed by atoms with Crippen LogP contribution in [0.3, 0.4) is 0 Å². The van der Waals surface area contributed by atoms with Crippen LogP contribution in [0.15, 0.2) is 0 Å². The average Bonchev–Trinajstić information content (AvgIpc) is 2.58. The molecule has 0 bridgehead atoms. The van der Waals surface area contributed by atoms with E-state index < -0.39 is 0 Å². The van der Waals surface area contributed by atoms with Crippen molar-refractivity contribution in [3.05, 3.63) is 0 Å². The largest absolute Gasteiger partial charge is 0.311 e. The lowest BCUT2D eigenvalue weighted by Gasteiger charge is -2.34. The number of nitrogens with one attached hydrogen (secondary N) is 1. The van der Waals surface area contributed by atoms with Crippen molar-refractivity contribution in [3.8, 4) is 0 Å². The molecule has 0 heterocycles. The van der Waals surface area contributed by atoms with Gasteiger partial charge in [0, 0.05) is 12.1 Å². The van der Waals surface area contributed by atoms with Crippen LogP contribution in [0.2, 0.25) is 0 Å². The molecule has 1 heteroatoms. The smallest absolute Gasteiger partial charge is 0.00978 e. The Morgan fingerprint density at radius 3 is 2.12 bits per heavy atom. The van der Waals surface area contributed by atoms with Crippen molar-refractivity contribution in [2.45, 2.75) is 89.6 Å². The van der Waals surface area contributed by atoms with Gasteiger partial charge in [-0.15, -0.1) is 0 Å². The Morgan fingerprint density at radius 1 is 0.812 bits per heavy atom. The maximum atomic E-state index is 4.00. The fourth-order valence-electron chi connectivity index (χ4n) is 3.66. The van der Waals surface area contributed by atoms with E-state index in [1.165, 1.54) is 70.6 Å². The summed E-state index contributed by atoms with van der Waals surface area (Å²) < 4.78 is 0. The quantitative estimate of drug-likeness (QED) is 0.705. The zero-order valence-corrected chi connectivity index (χ0v) is 11.0. The molecular formula is C15H29N. The summed E-state index contributed by atoms with van der Waals surface area (Å²) in [5, 5.41) is 4.00. The van der Waals surface area contributed by atoms with Crippen molar-refractivity contribution in [2.24, 2.45) is 5.92 Å². The van der Waals surface area contributed by atoms with Crippen LogP contribution < -0.4 is 5.32 Å². The maximum absolute atomic E-state index is 4.00. The predicted octanol–water partition coefficient (Wildman–Crippen LogP) is 4.27. The molecule has 1 N–H and O–H groups in total. The van der Waals surface area contributed by atoms with Crippen molar-refractivity contribution < 1.29 is 0 Å². The lowest BCUT2D eigenvalue weighted by Crippen LogP contribution is -2.44. The first-order chi connectivity index (χ1) is 7.90. The minimum absolute atomic E-state index is 0.847. The highest BCUT2D eigenvalue weighted by Crippen LogP contribution is 2.28. The third kappa shape index (κ3) is 3.48. The Morgan fingerprint density at radius 2 is 1.44 bits per heavy atom. The van der Waals surface area contributed by atoms with Gasteiger partial charge in [0.2, 0.25) is 0 Å². The Kier molecular flexibility index (Phi) is 5.15. The van der Waals surface area contributed by atoms with Crippen molar-refractivity contribution in [3.63, 3.8) is 0 Å².